The van der Waals surface area contributed by atoms with Gasteiger partial charge in [0.1, 0.15) is 12.4 Å². The summed E-state index contributed by atoms with van der Waals surface area (Å²) in [6.45, 7) is 1.38. The number of alkyl halides is 1. The monoisotopic (exact) mass is 261 g/mol. The fourth-order valence-corrected chi connectivity index (χ4v) is 1.91. The lowest BCUT2D eigenvalue weighted by molar-refractivity contribution is 0.333. The fraction of sp³-hybridized carbons (Fsp3) is 0.200. The molecule has 0 aliphatic rings. The Morgan fingerprint density at radius 1 is 0.944 bits per heavy atom. The molecule has 0 radical (unpaired) electrons. The molecular weight excluding hydrogens is 246 g/mol. The van der Waals surface area contributed by atoms with E-state index in [0.29, 0.717) is 12.5 Å². The minimum atomic E-state index is 0.517. The second-order valence-electron chi connectivity index (χ2n) is 3.88. The molecule has 0 heterocycles. The van der Waals surface area contributed by atoms with Crippen LogP contribution < -0.4 is 10.1 Å². The van der Waals surface area contributed by atoms with E-state index in [1.807, 2.05) is 54.6 Å². The van der Waals surface area contributed by atoms with Gasteiger partial charge in [0.2, 0.25) is 0 Å². The lowest BCUT2D eigenvalue weighted by Gasteiger charge is -2.11. The first-order valence-electron chi connectivity index (χ1n) is 5.96. The van der Waals surface area contributed by atoms with Crippen LogP contribution in [0.1, 0.15) is 5.56 Å². The first kappa shape index (κ1) is 12.8. The maximum atomic E-state index is 5.87. The van der Waals surface area contributed by atoms with Crippen LogP contribution in [-0.4, -0.2) is 13.2 Å². The molecule has 94 valence electrons. The molecule has 0 atom stereocenters. The van der Waals surface area contributed by atoms with Crippen LogP contribution in [0.5, 0.6) is 5.75 Å². The Labute approximate surface area is 113 Å². The van der Waals surface area contributed by atoms with Gasteiger partial charge in [-0.25, -0.2) is 0 Å². The Bertz CT molecular complexity index is 473. The summed E-state index contributed by atoms with van der Waals surface area (Å²) in [4.78, 5) is 0. The summed E-state index contributed by atoms with van der Waals surface area (Å²) in [5, 5.41) is 3.32. The molecule has 2 nitrogen and oxygen atoms in total. The third-order valence-electron chi connectivity index (χ3n) is 2.59. The average Bonchev–Trinajstić information content (AvgIpc) is 2.45. The van der Waals surface area contributed by atoms with E-state index in [4.69, 9.17) is 16.3 Å². The van der Waals surface area contributed by atoms with Gasteiger partial charge in [-0.3, -0.25) is 0 Å². The SMILES string of the molecule is ClCc1ccccc1NCCOc1ccccc1. The number of rotatable bonds is 6. The molecule has 0 unspecified atom stereocenters. The fourth-order valence-electron chi connectivity index (χ4n) is 1.68. The van der Waals surface area contributed by atoms with Crippen molar-refractivity contribution >= 4 is 17.3 Å². The molecule has 2 aromatic rings. The normalized spacial score (nSPS) is 10.1. The Kier molecular flexibility index (Phi) is 4.91. The van der Waals surface area contributed by atoms with Gasteiger partial charge in [-0.1, -0.05) is 36.4 Å². The summed E-state index contributed by atoms with van der Waals surface area (Å²) in [5.41, 5.74) is 2.18. The molecule has 3 heteroatoms. The zero-order valence-electron chi connectivity index (χ0n) is 10.1. The number of hydrogen-bond acceptors (Lipinski definition) is 2. The van der Waals surface area contributed by atoms with Gasteiger partial charge >= 0.3 is 0 Å². The summed E-state index contributed by atoms with van der Waals surface area (Å²) < 4.78 is 5.61. The van der Waals surface area contributed by atoms with Crippen molar-refractivity contribution < 1.29 is 4.74 Å². The van der Waals surface area contributed by atoms with E-state index in [0.717, 1.165) is 23.5 Å². The molecule has 0 aliphatic carbocycles. The zero-order valence-corrected chi connectivity index (χ0v) is 10.9. The largest absolute Gasteiger partial charge is 0.492 e. The molecule has 0 saturated carbocycles. The molecule has 2 rings (SSSR count). The number of hydrogen-bond donors (Lipinski definition) is 1. The van der Waals surface area contributed by atoms with Crippen LogP contribution in [0.25, 0.3) is 0 Å². The van der Waals surface area contributed by atoms with E-state index < -0.39 is 0 Å². The molecule has 2 aromatic carbocycles. The zero-order chi connectivity index (χ0) is 12.6. The molecule has 0 saturated heterocycles. The Morgan fingerprint density at radius 2 is 1.67 bits per heavy atom. The van der Waals surface area contributed by atoms with Crippen LogP contribution in [-0.2, 0) is 5.88 Å². The average molecular weight is 262 g/mol. The van der Waals surface area contributed by atoms with Gasteiger partial charge in [-0.15, -0.1) is 11.6 Å². The molecular formula is C15H16ClNO. The number of halogens is 1. The minimum Gasteiger partial charge on any atom is -0.492 e. The molecule has 18 heavy (non-hydrogen) atoms. The third-order valence-corrected chi connectivity index (χ3v) is 2.88. The van der Waals surface area contributed by atoms with E-state index in [-0.39, 0.29) is 0 Å². The van der Waals surface area contributed by atoms with E-state index >= 15 is 0 Å². The minimum absolute atomic E-state index is 0.517. The molecule has 0 fully saturated rings. The van der Waals surface area contributed by atoms with Crippen molar-refractivity contribution in [2.75, 3.05) is 18.5 Å². The Balaban J connectivity index is 1.78. The molecule has 0 aliphatic heterocycles. The summed E-state index contributed by atoms with van der Waals surface area (Å²) in [7, 11) is 0. The van der Waals surface area contributed by atoms with Gasteiger partial charge in [0, 0.05) is 18.1 Å². The highest BCUT2D eigenvalue weighted by Crippen LogP contribution is 2.16. The van der Waals surface area contributed by atoms with Crippen molar-refractivity contribution in [2.45, 2.75) is 5.88 Å². The highest BCUT2D eigenvalue weighted by Gasteiger charge is 1.99. The number of benzene rings is 2. The molecule has 1 N–H and O–H groups in total. The number of anilines is 1. The quantitative estimate of drug-likeness (QED) is 0.629. The first-order valence-corrected chi connectivity index (χ1v) is 6.49. The van der Waals surface area contributed by atoms with Gasteiger partial charge in [0.15, 0.2) is 0 Å². The van der Waals surface area contributed by atoms with E-state index in [1.54, 1.807) is 0 Å². The third kappa shape index (κ3) is 3.67. The van der Waals surface area contributed by atoms with Crippen molar-refractivity contribution in [1.29, 1.82) is 0 Å². The van der Waals surface area contributed by atoms with Crippen molar-refractivity contribution in [2.24, 2.45) is 0 Å². The topological polar surface area (TPSA) is 21.3 Å². The predicted octanol–water partition coefficient (Wildman–Crippen LogP) is 3.92. The summed E-state index contributed by atoms with van der Waals surface area (Å²) >= 11 is 5.87. The van der Waals surface area contributed by atoms with Crippen molar-refractivity contribution in [1.82, 2.24) is 0 Å². The highest BCUT2D eigenvalue weighted by atomic mass is 35.5. The molecule has 0 bridgehead atoms. The van der Waals surface area contributed by atoms with Gasteiger partial charge in [0.25, 0.3) is 0 Å². The van der Waals surface area contributed by atoms with Crippen molar-refractivity contribution in [3.8, 4) is 5.75 Å². The van der Waals surface area contributed by atoms with E-state index in [1.165, 1.54) is 0 Å². The smallest absolute Gasteiger partial charge is 0.119 e. The lowest BCUT2D eigenvalue weighted by atomic mass is 10.2. The molecule has 0 amide bonds. The molecule has 0 aromatic heterocycles. The Morgan fingerprint density at radius 3 is 2.44 bits per heavy atom. The van der Waals surface area contributed by atoms with Gasteiger partial charge in [-0.05, 0) is 23.8 Å². The van der Waals surface area contributed by atoms with Crippen LogP contribution in [0.2, 0.25) is 0 Å². The van der Waals surface area contributed by atoms with Crippen molar-refractivity contribution in [3.63, 3.8) is 0 Å². The summed E-state index contributed by atoms with van der Waals surface area (Å²) in [6.07, 6.45) is 0. The van der Waals surface area contributed by atoms with Crippen LogP contribution in [0.3, 0.4) is 0 Å². The van der Waals surface area contributed by atoms with Crippen LogP contribution >= 0.6 is 11.6 Å². The maximum Gasteiger partial charge on any atom is 0.119 e. The maximum absolute atomic E-state index is 5.87. The summed E-state index contributed by atoms with van der Waals surface area (Å²) in [6, 6.07) is 17.8. The summed E-state index contributed by atoms with van der Waals surface area (Å²) in [5.74, 6) is 1.41. The predicted molar refractivity (Wildman–Crippen MR) is 76.4 cm³/mol. The van der Waals surface area contributed by atoms with E-state index in [9.17, 15) is 0 Å². The van der Waals surface area contributed by atoms with Crippen LogP contribution in [0.15, 0.2) is 54.6 Å². The first-order chi connectivity index (χ1) is 8.90. The number of para-hydroxylation sites is 2. The number of ether oxygens (including phenoxy) is 1. The van der Waals surface area contributed by atoms with Crippen LogP contribution in [0.4, 0.5) is 5.69 Å². The second-order valence-corrected chi connectivity index (χ2v) is 4.15. The lowest BCUT2D eigenvalue weighted by Crippen LogP contribution is -2.12. The Hall–Kier alpha value is -1.67. The van der Waals surface area contributed by atoms with Crippen molar-refractivity contribution in [3.05, 3.63) is 60.2 Å². The van der Waals surface area contributed by atoms with Gasteiger partial charge < -0.3 is 10.1 Å². The van der Waals surface area contributed by atoms with Crippen LogP contribution in [0, 0.1) is 0 Å². The number of nitrogens with one attached hydrogen (secondary N) is 1. The standard InChI is InChI=1S/C15H16ClNO/c16-12-13-6-4-5-9-15(13)17-10-11-18-14-7-2-1-3-8-14/h1-9,17H,10-12H2. The second kappa shape index (κ2) is 6.92. The van der Waals surface area contributed by atoms with Gasteiger partial charge in [0.05, 0.1) is 0 Å². The molecule has 0 spiro atoms. The highest BCUT2D eigenvalue weighted by molar-refractivity contribution is 6.17. The van der Waals surface area contributed by atoms with E-state index in [2.05, 4.69) is 5.32 Å². The van der Waals surface area contributed by atoms with Gasteiger partial charge in [-0.2, -0.15) is 0 Å².